The fourth-order valence-corrected chi connectivity index (χ4v) is 3.34. The molecule has 3 aromatic rings. The molecule has 8 nitrogen and oxygen atoms in total. The number of nitrogens with one attached hydrogen (secondary N) is 3. The smallest absolute Gasteiger partial charge is 0.309 e. The van der Waals surface area contributed by atoms with Crippen molar-refractivity contribution in [1.82, 2.24) is 20.6 Å². The van der Waals surface area contributed by atoms with E-state index in [1.165, 1.54) is 0 Å². The SMILES string of the molecule is O=C(NCc1ccc(NC(=O)c2ccncc2)cc1)C(=O)NC(c1cccnc1)C1CC1. The monoisotopic (exact) mass is 429 g/mol. The summed E-state index contributed by atoms with van der Waals surface area (Å²) in [6.45, 7) is 0.200. The number of hydrogen-bond acceptors (Lipinski definition) is 5. The molecule has 3 amide bonds. The Kier molecular flexibility index (Phi) is 6.50. The van der Waals surface area contributed by atoms with Gasteiger partial charge < -0.3 is 16.0 Å². The molecule has 0 radical (unpaired) electrons. The number of carbonyl (C=O) groups is 3. The van der Waals surface area contributed by atoms with Gasteiger partial charge in [-0.25, -0.2) is 0 Å². The highest BCUT2D eigenvalue weighted by molar-refractivity contribution is 6.35. The zero-order valence-corrected chi connectivity index (χ0v) is 17.3. The van der Waals surface area contributed by atoms with Crippen molar-refractivity contribution in [3.63, 3.8) is 0 Å². The van der Waals surface area contributed by atoms with Gasteiger partial charge in [-0.05, 0) is 60.2 Å². The van der Waals surface area contributed by atoms with Gasteiger partial charge in [-0.1, -0.05) is 18.2 Å². The number of nitrogens with zero attached hydrogens (tertiary/aromatic N) is 2. The van der Waals surface area contributed by atoms with Gasteiger partial charge in [-0.15, -0.1) is 0 Å². The van der Waals surface area contributed by atoms with Crippen LogP contribution < -0.4 is 16.0 Å². The van der Waals surface area contributed by atoms with E-state index in [0.717, 1.165) is 24.0 Å². The molecule has 1 aromatic carbocycles. The van der Waals surface area contributed by atoms with Crippen molar-refractivity contribution in [3.8, 4) is 0 Å². The van der Waals surface area contributed by atoms with Crippen LogP contribution in [0.15, 0.2) is 73.3 Å². The molecule has 2 aromatic heterocycles. The summed E-state index contributed by atoms with van der Waals surface area (Å²) in [6, 6.07) is 13.8. The second kappa shape index (κ2) is 9.82. The minimum absolute atomic E-state index is 0.200. The predicted octanol–water partition coefficient (Wildman–Crippen LogP) is 2.61. The van der Waals surface area contributed by atoms with Gasteiger partial charge >= 0.3 is 11.8 Å². The molecular formula is C24H23N5O3. The van der Waals surface area contributed by atoms with Crippen LogP contribution in [0.4, 0.5) is 5.69 Å². The third kappa shape index (κ3) is 5.54. The third-order valence-corrected chi connectivity index (χ3v) is 5.24. The maximum absolute atomic E-state index is 12.4. The lowest BCUT2D eigenvalue weighted by Gasteiger charge is -2.18. The van der Waals surface area contributed by atoms with Crippen molar-refractivity contribution in [2.45, 2.75) is 25.4 Å². The summed E-state index contributed by atoms with van der Waals surface area (Å²) in [5, 5.41) is 8.27. The first kappa shape index (κ1) is 21.2. The number of amides is 3. The van der Waals surface area contributed by atoms with Crippen LogP contribution in [0.3, 0.4) is 0 Å². The third-order valence-electron chi connectivity index (χ3n) is 5.24. The number of anilines is 1. The lowest BCUT2D eigenvalue weighted by molar-refractivity contribution is -0.139. The van der Waals surface area contributed by atoms with Gasteiger partial charge in [-0.3, -0.25) is 24.4 Å². The number of aromatic nitrogens is 2. The van der Waals surface area contributed by atoms with E-state index in [0.29, 0.717) is 17.2 Å². The molecule has 1 atom stereocenters. The standard InChI is InChI=1S/C24H23N5O3/c30-22(18-9-12-25-13-10-18)28-20-7-3-16(4-8-20)14-27-23(31)24(32)29-21(17-5-6-17)19-2-1-11-26-15-19/h1-4,7-13,15,17,21H,5-6,14H2,(H,27,31)(H,28,30)(H,29,32). The lowest BCUT2D eigenvalue weighted by atomic mass is 10.0. The normalized spacial score (nSPS) is 13.6. The van der Waals surface area contributed by atoms with Crippen LogP contribution in [-0.4, -0.2) is 27.7 Å². The van der Waals surface area contributed by atoms with Gasteiger partial charge in [0.15, 0.2) is 0 Å². The highest BCUT2D eigenvalue weighted by Gasteiger charge is 2.34. The summed E-state index contributed by atoms with van der Waals surface area (Å²) in [5.74, 6) is -1.24. The highest BCUT2D eigenvalue weighted by Crippen LogP contribution is 2.40. The van der Waals surface area contributed by atoms with Crippen LogP contribution in [0.5, 0.6) is 0 Å². The summed E-state index contributed by atoms with van der Waals surface area (Å²) < 4.78 is 0. The van der Waals surface area contributed by atoms with Crippen molar-refractivity contribution >= 4 is 23.4 Å². The van der Waals surface area contributed by atoms with Crippen LogP contribution >= 0.6 is 0 Å². The van der Waals surface area contributed by atoms with Crippen molar-refractivity contribution in [2.24, 2.45) is 5.92 Å². The Morgan fingerprint density at radius 1 is 0.906 bits per heavy atom. The van der Waals surface area contributed by atoms with E-state index >= 15 is 0 Å². The first-order chi connectivity index (χ1) is 15.6. The first-order valence-electron chi connectivity index (χ1n) is 10.4. The Morgan fingerprint density at radius 3 is 2.31 bits per heavy atom. The van der Waals surface area contributed by atoms with E-state index in [4.69, 9.17) is 0 Å². The molecule has 1 saturated carbocycles. The quantitative estimate of drug-likeness (QED) is 0.500. The molecule has 1 aliphatic carbocycles. The molecule has 32 heavy (non-hydrogen) atoms. The van der Waals surface area contributed by atoms with Crippen molar-refractivity contribution in [1.29, 1.82) is 0 Å². The summed E-state index contributed by atoms with van der Waals surface area (Å²) in [4.78, 5) is 44.9. The molecule has 0 spiro atoms. The molecule has 162 valence electrons. The van der Waals surface area contributed by atoms with E-state index in [1.807, 2.05) is 12.1 Å². The second-order valence-electron chi connectivity index (χ2n) is 7.64. The van der Waals surface area contributed by atoms with Crippen molar-refractivity contribution in [3.05, 3.63) is 90.0 Å². The van der Waals surface area contributed by atoms with E-state index in [9.17, 15) is 14.4 Å². The molecule has 3 N–H and O–H groups in total. The summed E-state index contributed by atoms with van der Waals surface area (Å²) in [5.41, 5.74) is 2.85. The molecule has 4 rings (SSSR count). The average Bonchev–Trinajstić information content (AvgIpc) is 3.68. The minimum Gasteiger partial charge on any atom is -0.344 e. The summed E-state index contributed by atoms with van der Waals surface area (Å²) >= 11 is 0. The topological polar surface area (TPSA) is 113 Å². The van der Waals surface area contributed by atoms with Gasteiger partial charge in [0.2, 0.25) is 0 Å². The number of pyridine rings is 2. The highest BCUT2D eigenvalue weighted by atomic mass is 16.2. The van der Waals surface area contributed by atoms with Crippen LogP contribution in [0.1, 0.15) is 40.4 Å². The molecule has 0 bridgehead atoms. The summed E-state index contributed by atoms with van der Waals surface area (Å²) in [6.07, 6.45) is 8.55. The fourth-order valence-electron chi connectivity index (χ4n) is 3.34. The molecular weight excluding hydrogens is 406 g/mol. The Morgan fingerprint density at radius 2 is 1.66 bits per heavy atom. The van der Waals surface area contributed by atoms with E-state index < -0.39 is 11.8 Å². The van der Waals surface area contributed by atoms with Crippen LogP contribution in [0.2, 0.25) is 0 Å². The average molecular weight is 429 g/mol. The number of hydrogen-bond donors (Lipinski definition) is 3. The number of carbonyl (C=O) groups excluding carboxylic acids is 3. The predicted molar refractivity (Wildman–Crippen MR) is 118 cm³/mol. The zero-order chi connectivity index (χ0) is 22.3. The fraction of sp³-hybridized carbons (Fsp3) is 0.208. The molecule has 1 aliphatic rings. The molecule has 0 saturated heterocycles. The number of benzene rings is 1. The van der Waals surface area contributed by atoms with Crippen LogP contribution in [0.25, 0.3) is 0 Å². The second-order valence-corrected chi connectivity index (χ2v) is 7.64. The molecule has 1 unspecified atom stereocenters. The minimum atomic E-state index is -0.686. The van der Waals surface area contributed by atoms with Gasteiger partial charge in [-0.2, -0.15) is 0 Å². The van der Waals surface area contributed by atoms with E-state index in [1.54, 1.807) is 61.2 Å². The molecule has 1 fully saturated rings. The number of rotatable bonds is 7. The van der Waals surface area contributed by atoms with Crippen molar-refractivity contribution < 1.29 is 14.4 Å². The first-order valence-corrected chi connectivity index (χ1v) is 10.4. The zero-order valence-electron chi connectivity index (χ0n) is 17.3. The van der Waals surface area contributed by atoms with Gasteiger partial charge in [0.25, 0.3) is 5.91 Å². The van der Waals surface area contributed by atoms with Gasteiger partial charge in [0.05, 0.1) is 6.04 Å². The van der Waals surface area contributed by atoms with Gasteiger partial charge in [0, 0.05) is 42.6 Å². The van der Waals surface area contributed by atoms with Crippen LogP contribution in [-0.2, 0) is 16.1 Å². The van der Waals surface area contributed by atoms with Crippen LogP contribution in [0, 0.1) is 5.92 Å². The molecule has 2 heterocycles. The lowest BCUT2D eigenvalue weighted by Crippen LogP contribution is -2.41. The van der Waals surface area contributed by atoms with Gasteiger partial charge in [0.1, 0.15) is 0 Å². The van der Waals surface area contributed by atoms with Crippen molar-refractivity contribution in [2.75, 3.05) is 5.32 Å². The van der Waals surface area contributed by atoms with E-state index in [2.05, 4.69) is 25.9 Å². The summed E-state index contributed by atoms with van der Waals surface area (Å²) in [7, 11) is 0. The Hall–Kier alpha value is -4.07. The van der Waals surface area contributed by atoms with E-state index in [-0.39, 0.29) is 18.5 Å². The largest absolute Gasteiger partial charge is 0.344 e. The molecule has 8 heteroatoms. The Bertz CT molecular complexity index is 1080. The maximum atomic E-state index is 12.4. The Labute approximate surface area is 185 Å². The Balaban J connectivity index is 1.28. The molecule has 0 aliphatic heterocycles. The maximum Gasteiger partial charge on any atom is 0.309 e.